The molecule has 0 atom stereocenters. The number of nitrogens with one attached hydrogen (secondary N) is 1. The molecule has 1 fully saturated rings. The fourth-order valence-corrected chi connectivity index (χ4v) is 2.77. The Morgan fingerprint density at radius 2 is 1.84 bits per heavy atom. The third kappa shape index (κ3) is 3.48. The van der Waals surface area contributed by atoms with Crippen molar-refractivity contribution in [2.24, 2.45) is 0 Å². The van der Waals surface area contributed by atoms with E-state index in [0.29, 0.717) is 0 Å². The molecule has 1 aliphatic rings. The summed E-state index contributed by atoms with van der Waals surface area (Å²) in [4.78, 5) is 0. The lowest BCUT2D eigenvalue weighted by atomic mass is 9.74. The Hall–Kier alpha value is -1.06. The van der Waals surface area contributed by atoms with Crippen LogP contribution < -0.4 is 10.1 Å². The molecule has 1 heterocycles. The Morgan fingerprint density at radius 1 is 1.16 bits per heavy atom. The lowest BCUT2D eigenvalue weighted by molar-refractivity contribution is 0.0500. The summed E-state index contributed by atoms with van der Waals surface area (Å²) in [6.07, 6.45) is 2.18. The predicted octanol–water partition coefficient (Wildman–Crippen LogP) is 2.74. The molecule has 1 aromatic carbocycles. The Bertz CT molecular complexity index is 369. The third-order valence-electron chi connectivity index (χ3n) is 3.94. The molecule has 0 unspecified atom stereocenters. The number of hydrogen-bond donors (Lipinski definition) is 1. The van der Waals surface area contributed by atoms with Crippen molar-refractivity contribution in [1.29, 1.82) is 0 Å². The van der Waals surface area contributed by atoms with E-state index in [4.69, 9.17) is 9.47 Å². The van der Waals surface area contributed by atoms with E-state index in [2.05, 4.69) is 36.5 Å². The van der Waals surface area contributed by atoms with E-state index in [1.165, 1.54) is 5.56 Å². The lowest BCUT2D eigenvalue weighted by Crippen LogP contribution is -2.42. The van der Waals surface area contributed by atoms with Crippen LogP contribution in [-0.2, 0) is 10.2 Å². The fourth-order valence-electron chi connectivity index (χ4n) is 2.77. The van der Waals surface area contributed by atoms with Crippen LogP contribution >= 0.6 is 0 Å². The highest BCUT2D eigenvalue weighted by atomic mass is 16.5. The molecule has 0 saturated carbocycles. The quantitative estimate of drug-likeness (QED) is 0.856. The fraction of sp³-hybridized carbons (Fsp3) is 0.625. The van der Waals surface area contributed by atoms with E-state index in [1.807, 2.05) is 6.92 Å². The van der Waals surface area contributed by atoms with E-state index in [0.717, 1.165) is 51.5 Å². The van der Waals surface area contributed by atoms with Gasteiger partial charge in [0.1, 0.15) is 5.75 Å². The molecular formula is C16H25NO2. The Kier molecular flexibility index (Phi) is 5.23. The third-order valence-corrected chi connectivity index (χ3v) is 3.94. The maximum Gasteiger partial charge on any atom is 0.119 e. The maximum absolute atomic E-state index is 5.54. The van der Waals surface area contributed by atoms with Crippen LogP contribution in [0.1, 0.15) is 32.3 Å². The molecule has 3 nitrogen and oxygen atoms in total. The van der Waals surface area contributed by atoms with Crippen molar-refractivity contribution >= 4 is 0 Å². The minimum atomic E-state index is 0.221. The van der Waals surface area contributed by atoms with E-state index < -0.39 is 0 Å². The van der Waals surface area contributed by atoms with E-state index in [-0.39, 0.29) is 5.41 Å². The van der Waals surface area contributed by atoms with Crippen LogP contribution in [0, 0.1) is 0 Å². The molecule has 0 radical (unpaired) electrons. The Balaban J connectivity index is 2.16. The summed E-state index contributed by atoms with van der Waals surface area (Å²) in [5, 5.41) is 3.51. The topological polar surface area (TPSA) is 30.5 Å². The van der Waals surface area contributed by atoms with Crippen LogP contribution in [-0.4, -0.2) is 32.9 Å². The van der Waals surface area contributed by atoms with Gasteiger partial charge in [-0.2, -0.15) is 0 Å². The Labute approximate surface area is 116 Å². The van der Waals surface area contributed by atoms with Gasteiger partial charge in [-0.15, -0.1) is 0 Å². The van der Waals surface area contributed by atoms with Crippen molar-refractivity contribution in [3.63, 3.8) is 0 Å². The van der Waals surface area contributed by atoms with Gasteiger partial charge in [0, 0.05) is 25.2 Å². The predicted molar refractivity (Wildman–Crippen MR) is 77.9 cm³/mol. The average molecular weight is 263 g/mol. The van der Waals surface area contributed by atoms with E-state index >= 15 is 0 Å². The molecule has 0 spiro atoms. The van der Waals surface area contributed by atoms with E-state index in [1.54, 1.807) is 0 Å². The SMILES string of the molecule is CCNCC1(c2ccc(OCC)cc2)CCOCC1. The molecule has 1 aromatic rings. The van der Waals surface area contributed by atoms with Crippen LogP contribution in [0.25, 0.3) is 0 Å². The first-order valence-corrected chi connectivity index (χ1v) is 7.32. The summed E-state index contributed by atoms with van der Waals surface area (Å²) in [7, 11) is 0. The molecule has 3 heteroatoms. The first-order chi connectivity index (χ1) is 9.30. The molecule has 0 amide bonds. The van der Waals surface area contributed by atoms with Gasteiger partial charge in [-0.3, -0.25) is 0 Å². The van der Waals surface area contributed by atoms with Crippen LogP contribution in [0.5, 0.6) is 5.75 Å². The van der Waals surface area contributed by atoms with E-state index in [9.17, 15) is 0 Å². The van der Waals surface area contributed by atoms with Gasteiger partial charge in [0.2, 0.25) is 0 Å². The number of benzene rings is 1. The van der Waals surface area contributed by atoms with Crippen molar-refractivity contribution in [2.45, 2.75) is 32.1 Å². The van der Waals surface area contributed by atoms with Crippen LogP contribution in [0.2, 0.25) is 0 Å². The lowest BCUT2D eigenvalue weighted by Gasteiger charge is -2.38. The van der Waals surface area contributed by atoms with Crippen LogP contribution in [0.3, 0.4) is 0 Å². The molecular weight excluding hydrogens is 238 g/mol. The van der Waals surface area contributed by atoms with Crippen molar-refractivity contribution in [2.75, 3.05) is 32.9 Å². The van der Waals surface area contributed by atoms with Crippen molar-refractivity contribution in [1.82, 2.24) is 5.32 Å². The Morgan fingerprint density at radius 3 is 2.42 bits per heavy atom. The van der Waals surface area contributed by atoms with Gasteiger partial charge < -0.3 is 14.8 Å². The molecule has 0 bridgehead atoms. The summed E-state index contributed by atoms with van der Waals surface area (Å²) >= 11 is 0. The number of likely N-dealkylation sites (N-methyl/N-ethyl adjacent to an activating group) is 1. The van der Waals surface area contributed by atoms with Gasteiger partial charge in [0.25, 0.3) is 0 Å². The highest BCUT2D eigenvalue weighted by Crippen LogP contribution is 2.35. The van der Waals surface area contributed by atoms with Gasteiger partial charge in [-0.05, 0) is 44.0 Å². The van der Waals surface area contributed by atoms with Gasteiger partial charge in [0.05, 0.1) is 6.61 Å². The minimum absolute atomic E-state index is 0.221. The number of ether oxygens (including phenoxy) is 2. The second kappa shape index (κ2) is 6.92. The molecule has 0 aliphatic carbocycles. The maximum atomic E-state index is 5.54. The van der Waals surface area contributed by atoms with Gasteiger partial charge in [-0.25, -0.2) is 0 Å². The zero-order valence-electron chi connectivity index (χ0n) is 12.1. The molecule has 1 aliphatic heterocycles. The monoisotopic (exact) mass is 263 g/mol. The highest BCUT2D eigenvalue weighted by Gasteiger charge is 2.33. The van der Waals surface area contributed by atoms with Gasteiger partial charge in [0.15, 0.2) is 0 Å². The van der Waals surface area contributed by atoms with Crippen LogP contribution in [0.15, 0.2) is 24.3 Å². The van der Waals surface area contributed by atoms with Crippen molar-refractivity contribution < 1.29 is 9.47 Å². The second-order valence-electron chi connectivity index (χ2n) is 5.13. The summed E-state index contributed by atoms with van der Waals surface area (Å²) < 4.78 is 11.1. The highest BCUT2D eigenvalue weighted by molar-refractivity contribution is 5.33. The minimum Gasteiger partial charge on any atom is -0.494 e. The van der Waals surface area contributed by atoms with Crippen molar-refractivity contribution in [3.8, 4) is 5.75 Å². The van der Waals surface area contributed by atoms with Gasteiger partial charge in [-0.1, -0.05) is 19.1 Å². The molecule has 106 valence electrons. The molecule has 19 heavy (non-hydrogen) atoms. The number of rotatable bonds is 6. The molecule has 1 saturated heterocycles. The zero-order valence-corrected chi connectivity index (χ0v) is 12.1. The zero-order chi connectivity index (χ0) is 13.6. The first-order valence-electron chi connectivity index (χ1n) is 7.32. The number of hydrogen-bond acceptors (Lipinski definition) is 3. The average Bonchev–Trinajstić information content (AvgIpc) is 2.47. The smallest absolute Gasteiger partial charge is 0.119 e. The summed E-state index contributed by atoms with van der Waals surface area (Å²) in [6.45, 7) is 8.65. The normalized spacial score (nSPS) is 18.2. The first kappa shape index (κ1) is 14.4. The molecule has 0 aromatic heterocycles. The summed E-state index contributed by atoms with van der Waals surface area (Å²) in [5.41, 5.74) is 1.62. The second-order valence-corrected chi connectivity index (χ2v) is 5.13. The summed E-state index contributed by atoms with van der Waals surface area (Å²) in [5.74, 6) is 0.955. The van der Waals surface area contributed by atoms with Crippen molar-refractivity contribution in [3.05, 3.63) is 29.8 Å². The summed E-state index contributed by atoms with van der Waals surface area (Å²) in [6, 6.07) is 8.60. The van der Waals surface area contributed by atoms with Crippen LogP contribution in [0.4, 0.5) is 0 Å². The standard InChI is InChI=1S/C16H25NO2/c1-3-17-13-16(9-11-18-12-10-16)14-5-7-15(8-6-14)19-4-2/h5-8,17H,3-4,9-13H2,1-2H3. The van der Waals surface area contributed by atoms with Gasteiger partial charge >= 0.3 is 0 Å². The molecule has 2 rings (SSSR count). The molecule has 1 N–H and O–H groups in total. The largest absolute Gasteiger partial charge is 0.494 e.